The molecule has 0 saturated carbocycles. The summed E-state index contributed by atoms with van der Waals surface area (Å²) in [4.78, 5) is 2.31. The van der Waals surface area contributed by atoms with Crippen molar-refractivity contribution >= 4 is 81.3 Å². The molecule has 3 heteroatoms. The van der Waals surface area contributed by atoms with Gasteiger partial charge in [0.15, 0.2) is 5.58 Å². The minimum absolute atomic E-state index is 0.898. The minimum atomic E-state index is 0.898. The van der Waals surface area contributed by atoms with Gasteiger partial charge in [-0.25, -0.2) is 0 Å². The predicted octanol–water partition coefficient (Wildman–Crippen LogP) is 10.6. The van der Waals surface area contributed by atoms with Gasteiger partial charge in [-0.2, -0.15) is 0 Å². The van der Waals surface area contributed by atoms with Gasteiger partial charge >= 0.3 is 0 Å². The average Bonchev–Trinajstić information content (AvgIpc) is 3.50. The fourth-order valence-electron chi connectivity index (χ4n) is 5.50. The fourth-order valence-corrected chi connectivity index (χ4v) is 6.67. The van der Waals surface area contributed by atoms with Gasteiger partial charge in [0.2, 0.25) is 0 Å². The minimum Gasteiger partial charge on any atom is -0.454 e. The van der Waals surface area contributed by atoms with Crippen molar-refractivity contribution in [1.82, 2.24) is 0 Å². The summed E-state index contributed by atoms with van der Waals surface area (Å²) in [6, 6.07) is 45.3. The zero-order chi connectivity index (χ0) is 24.3. The van der Waals surface area contributed by atoms with Crippen molar-refractivity contribution in [2.45, 2.75) is 0 Å². The number of furan rings is 1. The van der Waals surface area contributed by atoms with Crippen molar-refractivity contribution in [2.24, 2.45) is 0 Å². The van der Waals surface area contributed by atoms with E-state index in [-0.39, 0.29) is 0 Å². The molecule has 2 heterocycles. The smallest absolute Gasteiger partial charge is 0.159 e. The molecule has 0 unspecified atom stereocenters. The molecule has 0 radical (unpaired) electrons. The van der Waals surface area contributed by atoms with Crippen LogP contribution in [0.1, 0.15) is 0 Å². The number of anilines is 3. The van der Waals surface area contributed by atoms with E-state index in [0.717, 1.165) is 39.0 Å². The molecule has 0 atom stereocenters. The molecule has 0 N–H and O–H groups in total. The summed E-state index contributed by atoms with van der Waals surface area (Å²) in [5.41, 5.74) is 5.05. The molecule has 8 rings (SSSR count). The van der Waals surface area contributed by atoms with Gasteiger partial charge in [-0.05, 0) is 59.3 Å². The van der Waals surface area contributed by atoms with Crippen LogP contribution in [-0.4, -0.2) is 0 Å². The molecule has 0 bridgehead atoms. The van der Waals surface area contributed by atoms with Crippen molar-refractivity contribution in [3.8, 4) is 0 Å². The van der Waals surface area contributed by atoms with Crippen molar-refractivity contribution in [1.29, 1.82) is 0 Å². The zero-order valence-electron chi connectivity index (χ0n) is 19.9. The summed E-state index contributed by atoms with van der Waals surface area (Å²) in [7, 11) is 0. The van der Waals surface area contributed by atoms with Crippen molar-refractivity contribution in [2.75, 3.05) is 4.90 Å². The highest BCUT2D eigenvalue weighted by Crippen LogP contribution is 2.44. The van der Waals surface area contributed by atoms with Crippen LogP contribution in [-0.2, 0) is 0 Å². The van der Waals surface area contributed by atoms with Crippen LogP contribution in [0.25, 0.3) is 52.9 Å². The molecule has 0 fully saturated rings. The van der Waals surface area contributed by atoms with Crippen LogP contribution in [0.15, 0.2) is 132 Å². The summed E-state index contributed by atoms with van der Waals surface area (Å²) in [5, 5.41) is 7.44. The van der Waals surface area contributed by atoms with Crippen molar-refractivity contribution in [3.63, 3.8) is 0 Å². The highest BCUT2D eigenvalue weighted by molar-refractivity contribution is 7.25. The predicted molar refractivity (Wildman–Crippen MR) is 159 cm³/mol. The van der Waals surface area contributed by atoms with E-state index in [0.29, 0.717) is 0 Å². The average molecular weight is 492 g/mol. The topological polar surface area (TPSA) is 16.4 Å². The first kappa shape index (κ1) is 20.6. The van der Waals surface area contributed by atoms with Crippen LogP contribution in [0.4, 0.5) is 17.1 Å². The standard InChI is InChI=1S/C34H21NOS/c1-2-11-24(12-3-1)35(30-15-8-14-28-26-13-6-7-16-31(26)36-34(28)30)25-17-18-27-29-19-22-9-4-5-10-23(22)20-32(29)37-33(27)21-25/h1-21H. The molecule has 174 valence electrons. The van der Waals surface area contributed by atoms with Gasteiger partial charge in [0.05, 0.1) is 5.69 Å². The first-order valence-corrected chi connectivity index (χ1v) is 13.3. The Labute approximate surface area is 217 Å². The second-order valence-electron chi connectivity index (χ2n) is 9.40. The molecule has 6 aromatic carbocycles. The number of para-hydroxylation sites is 3. The zero-order valence-corrected chi connectivity index (χ0v) is 20.7. The molecule has 2 aromatic heterocycles. The van der Waals surface area contributed by atoms with Crippen LogP contribution < -0.4 is 4.90 Å². The van der Waals surface area contributed by atoms with Crippen LogP contribution >= 0.6 is 11.3 Å². The van der Waals surface area contributed by atoms with Gasteiger partial charge in [0, 0.05) is 42.3 Å². The molecule has 0 aliphatic rings. The first-order valence-electron chi connectivity index (χ1n) is 12.4. The molecular weight excluding hydrogens is 470 g/mol. The van der Waals surface area contributed by atoms with Gasteiger partial charge in [-0.15, -0.1) is 11.3 Å². The van der Waals surface area contributed by atoms with Crippen molar-refractivity contribution < 1.29 is 4.42 Å². The number of nitrogens with zero attached hydrogens (tertiary/aromatic N) is 1. The lowest BCUT2D eigenvalue weighted by Crippen LogP contribution is -2.09. The first-order chi connectivity index (χ1) is 18.3. The SMILES string of the molecule is c1ccc(N(c2ccc3c(c2)sc2cc4ccccc4cc23)c2cccc3c2oc2ccccc23)cc1. The summed E-state index contributed by atoms with van der Waals surface area (Å²) in [5.74, 6) is 0. The molecule has 0 spiro atoms. The molecule has 8 aromatic rings. The van der Waals surface area contributed by atoms with Gasteiger partial charge in [0.25, 0.3) is 0 Å². The van der Waals surface area contributed by atoms with Crippen LogP contribution in [0.5, 0.6) is 0 Å². The van der Waals surface area contributed by atoms with Crippen LogP contribution in [0.2, 0.25) is 0 Å². The normalized spacial score (nSPS) is 11.8. The van der Waals surface area contributed by atoms with E-state index in [4.69, 9.17) is 4.42 Å². The van der Waals surface area contributed by atoms with E-state index >= 15 is 0 Å². The number of rotatable bonds is 3. The lowest BCUT2D eigenvalue weighted by atomic mass is 10.1. The van der Waals surface area contributed by atoms with E-state index in [2.05, 4.69) is 120 Å². The Morgan fingerprint density at radius 3 is 2.11 bits per heavy atom. The summed E-state index contributed by atoms with van der Waals surface area (Å²) in [6.07, 6.45) is 0. The Kier molecular flexibility index (Phi) is 4.42. The van der Waals surface area contributed by atoms with Crippen molar-refractivity contribution in [3.05, 3.63) is 127 Å². The maximum absolute atomic E-state index is 6.45. The van der Waals surface area contributed by atoms with E-state index in [1.165, 1.54) is 30.9 Å². The number of thiophene rings is 1. The van der Waals surface area contributed by atoms with Crippen LogP contribution in [0.3, 0.4) is 0 Å². The Morgan fingerprint density at radius 2 is 1.22 bits per heavy atom. The Morgan fingerprint density at radius 1 is 0.486 bits per heavy atom. The van der Waals surface area contributed by atoms with E-state index in [1.807, 2.05) is 23.5 Å². The summed E-state index contributed by atoms with van der Waals surface area (Å²) < 4.78 is 9.04. The van der Waals surface area contributed by atoms with Gasteiger partial charge in [0.1, 0.15) is 5.58 Å². The van der Waals surface area contributed by atoms with E-state index in [9.17, 15) is 0 Å². The monoisotopic (exact) mass is 491 g/mol. The van der Waals surface area contributed by atoms with Gasteiger partial charge < -0.3 is 9.32 Å². The number of benzene rings is 6. The van der Waals surface area contributed by atoms with E-state index < -0.39 is 0 Å². The number of fused-ring (bicyclic) bond motifs is 7. The second-order valence-corrected chi connectivity index (χ2v) is 10.5. The third kappa shape index (κ3) is 3.18. The molecule has 2 nitrogen and oxygen atoms in total. The lowest BCUT2D eigenvalue weighted by molar-refractivity contribution is 0.669. The number of hydrogen-bond acceptors (Lipinski definition) is 3. The van der Waals surface area contributed by atoms with Gasteiger partial charge in [-0.3, -0.25) is 0 Å². The largest absolute Gasteiger partial charge is 0.454 e. The summed E-state index contributed by atoms with van der Waals surface area (Å²) in [6.45, 7) is 0. The molecule has 0 saturated heterocycles. The Bertz CT molecular complexity index is 2100. The maximum Gasteiger partial charge on any atom is 0.159 e. The molecule has 0 aliphatic heterocycles. The fraction of sp³-hybridized carbons (Fsp3) is 0. The van der Waals surface area contributed by atoms with Crippen LogP contribution in [0, 0.1) is 0 Å². The van der Waals surface area contributed by atoms with Gasteiger partial charge in [-0.1, -0.05) is 78.9 Å². The number of hydrogen-bond donors (Lipinski definition) is 0. The molecular formula is C34H21NOS. The quantitative estimate of drug-likeness (QED) is 0.244. The highest BCUT2D eigenvalue weighted by atomic mass is 32.1. The third-order valence-electron chi connectivity index (χ3n) is 7.22. The second kappa shape index (κ2) is 7.95. The van der Waals surface area contributed by atoms with E-state index in [1.54, 1.807) is 0 Å². The molecule has 37 heavy (non-hydrogen) atoms. The maximum atomic E-state index is 6.45. The lowest BCUT2D eigenvalue weighted by Gasteiger charge is -2.25. The Balaban J connectivity index is 1.38. The third-order valence-corrected chi connectivity index (χ3v) is 8.34. The highest BCUT2D eigenvalue weighted by Gasteiger charge is 2.20. The molecule has 0 amide bonds. The summed E-state index contributed by atoms with van der Waals surface area (Å²) >= 11 is 1.86. The Hall–Kier alpha value is -4.60. The molecule has 0 aliphatic carbocycles.